The number of H-pyrrole nitrogens is 1. The number of piperidine rings is 1. The number of nitrogens with zero attached hydrogens (tertiary/aromatic N) is 5. The van der Waals surface area contributed by atoms with Crippen LogP contribution in [0.5, 0.6) is 0 Å². The predicted molar refractivity (Wildman–Crippen MR) is 231 cm³/mol. The van der Waals surface area contributed by atoms with Crippen LogP contribution in [0.1, 0.15) is 93.8 Å². The van der Waals surface area contributed by atoms with Crippen LogP contribution in [0.15, 0.2) is 59.5 Å². The summed E-state index contributed by atoms with van der Waals surface area (Å²) in [5.41, 5.74) is 0.342. The van der Waals surface area contributed by atoms with Crippen LogP contribution in [-0.2, 0) is 25.5 Å². The molecule has 62 heavy (non-hydrogen) atoms. The third-order valence-electron chi connectivity index (χ3n) is 13.3. The van der Waals surface area contributed by atoms with Crippen LogP contribution in [-0.4, -0.2) is 130 Å². The van der Waals surface area contributed by atoms with Gasteiger partial charge in [0.1, 0.15) is 17.5 Å². The van der Waals surface area contributed by atoms with Crippen LogP contribution in [0.25, 0.3) is 10.8 Å². The molecule has 5 atom stereocenters. The van der Waals surface area contributed by atoms with Crippen molar-refractivity contribution in [3.8, 4) is 0 Å². The zero-order valence-corrected chi connectivity index (χ0v) is 36.2. The molecule has 0 spiro atoms. The molecule has 5 aliphatic rings. The van der Waals surface area contributed by atoms with Crippen molar-refractivity contribution in [2.45, 2.75) is 102 Å². The minimum Gasteiger partial charge on any atom is -0.444 e. The van der Waals surface area contributed by atoms with Crippen LogP contribution in [0.3, 0.4) is 0 Å². The Morgan fingerprint density at radius 1 is 0.871 bits per heavy atom. The number of hydrogen-bond donors (Lipinski definition) is 2. The Kier molecular flexibility index (Phi) is 13.0. The molecule has 4 heterocycles. The second-order valence-electron chi connectivity index (χ2n) is 18.8. The van der Waals surface area contributed by atoms with Gasteiger partial charge in [0.25, 0.3) is 11.5 Å². The molecule has 2 saturated carbocycles. The number of carbonyl (C=O) groups is 4. The van der Waals surface area contributed by atoms with E-state index in [9.17, 15) is 24.0 Å². The van der Waals surface area contributed by atoms with E-state index in [-0.39, 0.29) is 59.4 Å². The number of piperazine rings is 1. The van der Waals surface area contributed by atoms with Gasteiger partial charge in [-0.05, 0) is 94.8 Å². The molecule has 2 bridgehead atoms. The van der Waals surface area contributed by atoms with Gasteiger partial charge in [-0.3, -0.25) is 19.2 Å². The molecular weight excluding hydrogens is 794 g/mol. The number of carbonyl (C=O) groups excluding carboxylic acids is 4. The first-order chi connectivity index (χ1) is 29.8. The Labute approximate surface area is 362 Å². The number of nitrogens with one attached hydrogen (secondary N) is 2. The van der Waals surface area contributed by atoms with Gasteiger partial charge in [0.2, 0.25) is 11.8 Å². The Hall–Kier alpha value is -5.31. The van der Waals surface area contributed by atoms with Crippen molar-refractivity contribution < 1.29 is 33.0 Å². The zero-order chi connectivity index (χ0) is 43.5. The van der Waals surface area contributed by atoms with Gasteiger partial charge in [-0.25, -0.2) is 14.3 Å². The molecule has 2 N–H and O–H groups in total. The van der Waals surface area contributed by atoms with Crippen molar-refractivity contribution >= 4 is 34.6 Å². The van der Waals surface area contributed by atoms with E-state index >= 15 is 4.39 Å². The predicted octanol–water partition coefficient (Wildman–Crippen LogP) is 5.25. The maximum Gasteiger partial charge on any atom is 0.408 e. The first-order valence-corrected chi connectivity index (χ1v) is 22.5. The van der Waals surface area contributed by atoms with Crippen LogP contribution < -0.4 is 10.9 Å². The number of ether oxygens (including phenoxy) is 2. The van der Waals surface area contributed by atoms with Gasteiger partial charge in [0, 0.05) is 69.5 Å². The second kappa shape index (κ2) is 18.6. The molecular formula is C47H60FN7O7. The number of halogens is 1. The highest BCUT2D eigenvalue weighted by atomic mass is 19.1. The molecule has 2 aromatic carbocycles. The summed E-state index contributed by atoms with van der Waals surface area (Å²) in [5.74, 6) is -0.514. The Morgan fingerprint density at radius 2 is 1.56 bits per heavy atom. The van der Waals surface area contributed by atoms with Gasteiger partial charge in [-0.1, -0.05) is 43.5 Å². The number of benzene rings is 2. The molecule has 14 nitrogen and oxygen atoms in total. The largest absolute Gasteiger partial charge is 0.444 e. The molecule has 2 unspecified atom stereocenters. The van der Waals surface area contributed by atoms with Crippen molar-refractivity contribution in [1.82, 2.24) is 35.1 Å². The lowest BCUT2D eigenvalue weighted by Gasteiger charge is -2.42. The monoisotopic (exact) mass is 853 g/mol. The number of hydrogen-bond acceptors (Lipinski definition) is 9. The van der Waals surface area contributed by atoms with E-state index in [1.807, 2.05) is 55.0 Å². The fraction of sp³-hybridized carbons (Fsp3) is 0.574. The number of rotatable bonds is 10. The van der Waals surface area contributed by atoms with Crippen molar-refractivity contribution in [2.24, 2.45) is 17.8 Å². The number of fused-ring (bicyclic) bond motifs is 3. The second-order valence-corrected chi connectivity index (χ2v) is 18.8. The van der Waals surface area contributed by atoms with Crippen molar-refractivity contribution in [3.63, 3.8) is 0 Å². The average Bonchev–Trinajstić information content (AvgIpc) is 3.48. The Bertz CT molecular complexity index is 2210. The van der Waals surface area contributed by atoms with Crippen molar-refractivity contribution in [3.05, 3.63) is 87.7 Å². The summed E-state index contributed by atoms with van der Waals surface area (Å²) in [7, 11) is 0. The summed E-state index contributed by atoms with van der Waals surface area (Å²) in [4.78, 5) is 73.5. The minimum absolute atomic E-state index is 0.00437. The maximum atomic E-state index is 15.1. The van der Waals surface area contributed by atoms with E-state index in [0.29, 0.717) is 74.3 Å². The molecule has 2 saturated heterocycles. The number of aromatic nitrogens is 2. The van der Waals surface area contributed by atoms with Crippen molar-refractivity contribution in [2.75, 3.05) is 52.4 Å². The van der Waals surface area contributed by atoms with Crippen LogP contribution in [0, 0.1) is 23.6 Å². The SMILES string of the molecule is CC(C)(C)OC(=O)N[C@@H](C(=O)N1C[C@H]2CC[C@@H](C1)C2OC1C=CN(CC(=O)N2CCN(C(=O)c3cc(Cc4n[nH]c(=O)c5ccccc45)ccc3F)CC2)CC1)C1CCCCC1. The molecule has 8 rings (SSSR count). The quantitative estimate of drug-likeness (QED) is 0.278. The zero-order valence-electron chi connectivity index (χ0n) is 36.2. The van der Waals surface area contributed by atoms with E-state index in [0.717, 1.165) is 51.4 Å². The minimum atomic E-state index is -0.650. The van der Waals surface area contributed by atoms with Crippen molar-refractivity contribution in [1.29, 1.82) is 0 Å². The molecule has 3 aromatic rings. The molecule has 15 heteroatoms. The molecule has 4 amide bonds. The smallest absolute Gasteiger partial charge is 0.408 e. The Balaban J connectivity index is 0.800. The standard InChI is InChI=1S/C47H60FN7O7/c1-47(2,3)62-46(60)49-41(31-9-5-4-6-10-31)45(59)55-27-32-14-15-33(28-55)42(32)61-34-17-19-52(20-18-34)29-40(56)53-21-23-54(24-22-53)44(58)37-25-30(13-16-38(37)48)26-39-35-11-7-8-12-36(35)43(57)51-50-39/h7-8,11-13,16-17,19,25,31-34,41-42H,4-6,9-10,14-15,18,20-24,26-29H2,1-3H3,(H,49,60)(H,51,57)/t32-,33+,34?,41-,42?/m1/s1. The molecule has 4 fully saturated rings. The maximum absolute atomic E-state index is 15.1. The number of alkyl carbamates (subject to hydrolysis) is 1. The van der Waals surface area contributed by atoms with Crippen LogP contribution >= 0.6 is 0 Å². The summed E-state index contributed by atoms with van der Waals surface area (Å²) in [6, 6.07) is 11.0. The summed E-state index contributed by atoms with van der Waals surface area (Å²) in [6.07, 6.45) is 11.6. The van der Waals surface area contributed by atoms with E-state index in [4.69, 9.17) is 9.47 Å². The lowest BCUT2D eigenvalue weighted by molar-refractivity contribution is -0.143. The molecule has 3 aliphatic heterocycles. The lowest BCUT2D eigenvalue weighted by atomic mass is 9.82. The van der Waals surface area contributed by atoms with E-state index < -0.39 is 29.5 Å². The first-order valence-electron chi connectivity index (χ1n) is 22.5. The van der Waals surface area contributed by atoms with Gasteiger partial charge in [-0.2, -0.15) is 5.10 Å². The molecule has 2 aliphatic carbocycles. The van der Waals surface area contributed by atoms with E-state index in [1.165, 1.54) is 6.07 Å². The van der Waals surface area contributed by atoms with Gasteiger partial charge < -0.3 is 34.4 Å². The lowest BCUT2D eigenvalue weighted by Crippen LogP contribution is -2.57. The third-order valence-corrected chi connectivity index (χ3v) is 13.3. The fourth-order valence-corrected chi connectivity index (χ4v) is 10.1. The summed E-state index contributed by atoms with van der Waals surface area (Å²) >= 11 is 0. The summed E-state index contributed by atoms with van der Waals surface area (Å²) in [6.45, 7) is 8.88. The molecule has 0 radical (unpaired) electrons. The van der Waals surface area contributed by atoms with Gasteiger partial charge in [0.05, 0.1) is 35.4 Å². The van der Waals surface area contributed by atoms with E-state index in [2.05, 4.69) is 15.5 Å². The van der Waals surface area contributed by atoms with E-state index in [1.54, 1.807) is 34.1 Å². The Morgan fingerprint density at radius 3 is 2.24 bits per heavy atom. The topological polar surface area (TPSA) is 157 Å². The fourth-order valence-electron chi connectivity index (χ4n) is 10.1. The average molecular weight is 854 g/mol. The van der Waals surface area contributed by atoms with Gasteiger partial charge in [-0.15, -0.1) is 0 Å². The molecule has 332 valence electrons. The highest BCUT2D eigenvalue weighted by Crippen LogP contribution is 2.41. The van der Waals surface area contributed by atoms with Gasteiger partial charge >= 0.3 is 6.09 Å². The third kappa shape index (κ3) is 9.98. The first kappa shape index (κ1) is 43.3. The van der Waals surface area contributed by atoms with Crippen LogP contribution in [0.2, 0.25) is 0 Å². The summed E-state index contributed by atoms with van der Waals surface area (Å²) in [5, 5.41) is 10.9. The number of aromatic amines is 1. The number of likely N-dealkylation sites (tertiary alicyclic amines) is 1. The van der Waals surface area contributed by atoms with Gasteiger partial charge in [0.15, 0.2) is 0 Å². The number of amides is 4. The highest BCUT2D eigenvalue weighted by molar-refractivity contribution is 5.95. The normalized spacial score (nSPS) is 23.7. The van der Waals surface area contributed by atoms with Crippen LogP contribution in [0.4, 0.5) is 9.18 Å². The highest BCUT2D eigenvalue weighted by Gasteiger charge is 2.47. The molecule has 1 aromatic heterocycles. The summed E-state index contributed by atoms with van der Waals surface area (Å²) < 4.78 is 27.4.